The summed E-state index contributed by atoms with van der Waals surface area (Å²) in [5, 5.41) is 3.77. The third-order valence-electron chi connectivity index (χ3n) is 6.03. The lowest BCUT2D eigenvalue weighted by molar-refractivity contribution is -0.139. The molecule has 1 saturated heterocycles. The van der Waals surface area contributed by atoms with Gasteiger partial charge in [-0.15, -0.1) is 0 Å². The van der Waals surface area contributed by atoms with Crippen molar-refractivity contribution in [2.75, 3.05) is 36.8 Å². The van der Waals surface area contributed by atoms with E-state index in [2.05, 4.69) is 34.0 Å². The smallest absolute Gasteiger partial charge is 0.230 e. The van der Waals surface area contributed by atoms with E-state index in [1.807, 2.05) is 4.90 Å². The second kappa shape index (κ2) is 11.9. The van der Waals surface area contributed by atoms with Crippen LogP contribution in [0.2, 0.25) is 5.15 Å². The predicted octanol–water partition coefficient (Wildman–Crippen LogP) is 3.76. The van der Waals surface area contributed by atoms with Crippen molar-refractivity contribution in [2.24, 2.45) is 5.92 Å². The summed E-state index contributed by atoms with van der Waals surface area (Å²) < 4.78 is 0. The molecule has 1 aliphatic heterocycles. The molecule has 1 aliphatic carbocycles. The van der Waals surface area contributed by atoms with Crippen molar-refractivity contribution in [2.45, 2.75) is 70.0 Å². The molecule has 2 aliphatic rings. The SMILES string of the molecule is CCCCNC(=O)CSc1nc(Cl)cc(N2CCN(C(=O)C3CCCCC3)C(C)C2)n1. The second-order valence-corrected chi connectivity index (χ2v) is 9.81. The van der Waals surface area contributed by atoms with Crippen LogP contribution in [0.15, 0.2) is 11.2 Å². The number of amides is 2. The summed E-state index contributed by atoms with van der Waals surface area (Å²) >= 11 is 7.54. The number of carbonyl (C=O) groups is 2. The Morgan fingerprint density at radius 1 is 1.23 bits per heavy atom. The summed E-state index contributed by atoms with van der Waals surface area (Å²) in [6.07, 6.45) is 7.67. The fourth-order valence-corrected chi connectivity index (χ4v) is 5.19. The number of rotatable bonds is 8. The predicted molar refractivity (Wildman–Crippen MR) is 126 cm³/mol. The molecular weight excluding hydrogens is 434 g/mol. The summed E-state index contributed by atoms with van der Waals surface area (Å²) in [6, 6.07) is 1.88. The van der Waals surface area contributed by atoms with Gasteiger partial charge in [0.2, 0.25) is 11.8 Å². The first-order chi connectivity index (χ1) is 15.0. The van der Waals surface area contributed by atoms with Crippen LogP contribution in [0.4, 0.5) is 5.82 Å². The molecule has 31 heavy (non-hydrogen) atoms. The molecule has 7 nitrogen and oxygen atoms in total. The normalized spacial score (nSPS) is 20.0. The van der Waals surface area contributed by atoms with Crippen LogP contribution in [-0.2, 0) is 9.59 Å². The van der Waals surface area contributed by atoms with Crippen LogP contribution < -0.4 is 10.2 Å². The van der Waals surface area contributed by atoms with Crippen molar-refractivity contribution in [3.8, 4) is 0 Å². The highest BCUT2D eigenvalue weighted by atomic mass is 35.5. The number of unbranched alkanes of at least 4 members (excludes halogenated alkanes) is 1. The van der Waals surface area contributed by atoms with Crippen molar-refractivity contribution in [3.05, 3.63) is 11.2 Å². The van der Waals surface area contributed by atoms with Gasteiger partial charge in [0.1, 0.15) is 11.0 Å². The summed E-state index contributed by atoms with van der Waals surface area (Å²) in [5.41, 5.74) is 0. The van der Waals surface area contributed by atoms with Crippen LogP contribution in [0, 0.1) is 5.92 Å². The van der Waals surface area contributed by atoms with Gasteiger partial charge in [0.25, 0.3) is 0 Å². The van der Waals surface area contributed by atoms with Crippen molar-refractivity contribution in [1.82, 2.24) is 20.2 Å². The fourth-order valence-electron chi connectivity index (χ4n) is 4.27. The van der Waals surface area contributed by atoms with Crippen molar-refractivity contribution in [1.29, 1.82) is 0 Å². The molecule has 1 saturated carbocycles. The highest BCUT2D eigenvalue weighted by Crippen LogP contribution is 2.28. The maximum atomic E-state index is 13.0. The number of thioether (sulfide) groups is 1. The maximum absolute atomic E-state index is 13.0. The highest BCUT2D eigenvalue weighted by molar-refractivity contribution is 7.99. The molecule has 9 heteroatoms. The van der Waals surface area contributed by atoms with Gasteiger partial charge in [-0.2, -0.15) is 0 Å². The average Bonchev–Trinajstić information content (AvgIpc) is 2.77. The maximum Gasteiger partial charge on any atom is 0.230 e. The molecule has 0 aromatic carbocycles. The Kier molecular flexibility index (Phi) is 9.26. The number of carbonyl (C=O) groups excluding carboxylic acids is 2. The first-order valence-corrected chi connectivity index (χ1v) is 12.8. The zero-order valence-corrected chi connectivity index (χ0v) is 20.2. The van der Waals surface area contributed by atoms with Crippen molar-refractivity contribution < 1.29 is 9.59 Å². The number of nitrogens with zero attached hydrogens (tertiary/aromatic N) is 4. The van der Waals surface area contributed by atoms with Crippen LogP contribution in [-0.4, -0.2) is 64.7 Å². The Hall–Kier alpha value is -1.54. The van der Waals surface area contributed by atoms with Gasteiger partial charge in [-0.3, -0.25) is 9.59 Å². The number of hydrogen-bond acceptors (Lipinski definition) is 6. The van der Waals surface area contributed by atoms with E-state index in [0.717, 1.165) is 38.0 Å². The zero-order chi connectivity index (χ0) is 22.2. The first-order valence-electron chi connectivity index (χ1n) is 11.5. The molecule has 1 atom stereocenters. The van der Waals surface area contributed by atoms with Crippen molar-refractivity contribution >= 4 is 41.0 Å². The average molecular weight is 468 g/mol. The minimum atomic E-state index is -0.0213. The molecular formula is C22H34ClN5O2S. The van der Waals surface area contributed by atoms with Gasteiger partial charge < -0.3 is 15.1 Å². The van der Waals surface area contributed by atoms with E-state index in [4.69, 9.17) is 11.6 Å². The third kappa shape index (κ3) is 6.97. The van der Waals surface area contributed by atoms with Crippen molar-refractivity contribution in [3.63, 3.8) is 0 Å². The molecule has 0 bridgehead atoms. The molecule has 2 heterocycles. The van der Waals surface area contributed by atoms with E-state index in [1.54, 1.807) is 6.07 Å². The molecule has 2 fully saturated rings. The number of nitrogens with one attached hydrogen (secondary N) is 1. The number of anilines is 1. The lowest BCUT2D eigenvalue weighted by Gasteiger charge is -2.42. The van der Waals surface area contributed by atoms with Gasteiger partial charge >= 0.3 is 0 Å². The van der Waals surface area contributed by atoms with E-state index >= 15 is 0 Å². The molecule has 3 rings (SSSR count). The first kappa shape index (κ1) is 24.1. The quantitative estimate of drug-likeness (QED) is 0.271. The Balaban J connectivity index is 1.56. The van der Waals surface area contributed by atoms with Gasteiger partial charge in [0.05, 0.1) is 5.75 Å². The zero-order valence-electron chi connectivity index (χ0n) is 18.6. The minimum Gasteiger partial charge on any atom is -0.355 e. The standard InChI is InChI=1S/C22H34ClN5O2S/c1-3-4-10-24-20(29)15-31-22-25-18(23)13-19(26-22)27-11-12-28(16(2)14-27)21(30)17-8-6-5-7-9-17/h13,16-17H,3-12,14-15H2,1-2H3,(H,24,29). The monoisotopic (exact) mass is 467 g/mol. The van der Waals surface area contributed by atoms with Crippen LogP contribution >= 0.6 is 23.4 Å². The topological polar surface area (TPSA) is 78.4 Å². The molecule has 1 N–H and O–H groups in total. The van der Waals surface area contributed by atoms with Crippen LogP contribution in [0.3, 0.4) is 0 Å². The van der Waals surface area contributed by atoms with Gasteiger partial charge in [0, 0.05) is 44.2 Å². The number of piperazine rings is 1. The lowest BCUT2D eigenvalue weighted by Crippen LogP contribution is -2.55. The Morgan fingerprint density at radius 2 is 2.00 bits per heavy atom. The van der Waals surface area contributed by atoms with Gasteiger partial charge in [0.15, 0.2) is 5.16 Å². The van der Waals surface area contributed by atoms with Gasteiger partial charge in [-0.1, -0.05) is 56.0 Å². The third-order valence-corrected chi connectivity index (χ3v) is 7.08. The fraction of sp³-hybridized carbons (Fsp3) is 0.727. The van der Waals surface area contributed by atoms with E-state index < -0.39 is 0 Å². The lowest BCUT2D eigenvalue weighted by atomic mass is 9.88. The Labute approximate surface area is 194 Å². The molecule has 1 aromatic heterocycles. The molecule has 1 aromatic rings. The summed E-state index contributed by atoms with van der Waals surface area (Å²) in [5.74, 6) is 1.52. The summed E-state index contributed by atoms with van der Waals surface area (Å²) in [6.45, 7) is 7.02. The molecule has 1 unspecified atom stereocenters. The van der Waals surface area contributed by atoms with Crippen LogP contribution in [0.1, 0.15) is 58.8 Å². The highest BCUT2D eigenvalue weighted by Gasteiger charge is 2.33. The van der Waals surface area contributed by atoms with E-state index in [9.17, 15) is 9.59 Å². The molecule has 2 amide bonds. The van der Waals surface area contributed by atoms with Gasteiger partial charge in [-0.05, 0) is 26.2 Å². The van der Waals surface area contributed by atoms with Crippen LogP contribution in [0.5, 0.6) is 0 Å². The second-order valence-electron chi connectivity index (χ2n) is 8.49. The number of aromatic nitrogens is 2. The Bertz CT molecular complexity index is 759. The number of hydrogen-bond donors (Lipinski definition) is 1. The number of halogens is 1. The van der Waals surface area contributed by atoms with E-state index in [0.29, 0.717) is 35.9 Å². The Morgan fingerprint density at radius 3 is 2.71 bits per heavy atom. The minimum absolute atomic E-state index is 0.0213. The van der Waals surface area contributed by atoms with E-state index in [-0.39, 0.29) is 23.6 Å². The van der Waals surface area contributed by atoms with Gasteiger partial charge in [-0.25, -0.2) is 9.97 Å². The molecule has 172 valence electrons. The summed E-state index contributed by atoms with van der Waals surface area (Å²) in [7, 11) is 0. The summed E-state index contributed by atoms with van der Waals surface area (Å²) in [4.78, 5) is 38.0. The van der Waals surface area contributed by atoms with E-state index in [1.165, 1.54) is 31.0 Å². The molecule has 0 spiro atoms. The largest absolute Gasteiger partial charge is 0.355 e. The van der Waals surface area contributed by atoms with Crippen LogP contribution in [0.25, 0.3) is 0 Å². The molecule has 0 radical (unpaired) electrons.